The molecule has 1 aliphatic rings. The number of halogens is 2. The molecule has 2 heterocycles. The summed E-state index contributed by atoms with van der Waals surface area (Å²) in [6, 6.07) is 12.6. The van der Waals surface area contributed by atoms with Gasteiger partial charge in [0.1, 0.15) is 5.82 Å². The van der Waals surface area contributed by atoms with Gasteiger partial charge in [0.05, 0.1) is 5.52 Å². The number of aromatic nitrogens is 1. The van der Waals surface area contributed by atoms with Gasteiger partial charge in [0.15, 0.2) is 0 Å². The Morgan fingerprint density at radius 3 is 2.32 bits per heavy atom. The molecule has 0 radical (unpaired) electrons. The molecule has 1 aromatic carbocycles. The third kappa shape index (κ3) is 3.50. The maximum absolute atomic E-state index is 4.73. The molecule has 1 fully saturated rings. The van der Waals surface area contributed by atoms with Gasteiger partial charge >= 0.3 is 0 Å². The van der Waals surface area contributed by atoms with Crippen molar-refractivity contribution in [2.45, 2.75) is 0 Å². The number of hydrogen-bond donors (Lipinski definition) is 0. The zero-order valence-electron chi connectivity index (χ0n) is 11.0. The van der Waals surface area contributed by atoms with Crippen LogP contribution < -0.4 is 4.90 Å². The van der Waals surface area contributed by atoms with E-state index in [-0.39, 0.29) is 24.8 Å². The third-order valence-electron chi connectivity index (χ3n) is 3.41. The summed E-state index contributed by atoms with van der Waals surface area (Å²) in [6.07, 6.45) is 0. The molecule has 0 aliphatic carbocycles. The van der Waals surface area contributed by atoms with Crippen LogP contribution in [-0.2, 0) is 0 Å². The molecule has 0 N–H and O–H groups in total. The first-order valence-corrected chi connectivity index (χ1v) is 6.12. The molecule has 1 aliphatic heterocycles. The number of anilines is 1. The van der Waals surface area contributed by atoms with Gasteiger partial charge in [-0.1, -0.05) is 18.2 Å². The fourth-order valence-electron chi connectivity index (χ4n) is 2.27. The summed E-state index contributed by atoms with van der Waals surface area (Å²) in [6.45, 7) is 4.38. The van der Waals surface area contributed by atoms with Crippen molar-refractivity contribution >= 4 is 41.5 Å². The largest absolute Gasteiger partial charge is 0.354 e. The smallest absolute Gasteiger partial charge is 0.129 e. The standard InChI is InChI=1S/C14H17N3.2ClH/c1-16-8-10-17(11-9-16)14-7-6-12-4-2-3-5-13(12)15-14;;/h2-7H,8-11H2,1H3;2*1H. The lowest BCUT2D eigenvalue weighted by molar-refractivity contribution is 0.312. The number of pyridine rings is 1. The number of piperazine rings is 1. The van der Waals surface area contributed by atoms with Crippen LogP contribution in [0.4, 0.5) is 5.82 Å². The Hall–Kier alpha value is -1.03. The molecule has 0 bridgehead atoms. The van der Waals surface area contributed by atoms with E-state index in [1.807, 2.05) is 6.07 Å². The van der Waals surface area contributed by atoms with E-state index >= 15 is 0 Å². The Morgan fingerprint density at radius 2 is 1.58 bits per heavy atom. The summed E-state index contributed by atoms with van der Waals surface area (Å²) in [5.41, 5.74) is 1.09. The van der Waals surface area contributed by atoms with Gasteiger partial charge in [-0.3, -0.25) is 0 Å². The van der Waals surface area contributed by atoms with E-state index in [1.165, 1.54) is 5.39 Å². The van der Waals surface area contributed by atoms with E-state index < -0.39 is 0 Å². The molecule has 0 atom stereocenters. The van der Waals surface area contributed by atoms with Crippen LogP contribution in [0.25, 0.3) is 10.9 Å². The van der Waals surface area contributed by atoms with Crippen molar-refractivity contribution in [2.75, 3.05) is 38.1 Å². The average molecular weight is 300 g/mol. The lowest BCUT2D eigenvalue weighted by atomic mass is 10.2. The normalized spacial score (nSPS) is 15.7. The zero-order valence-corrected chi connectivity index (χ0v) is 12.6. The van der Waals surface area contributed by atoms with Crippen LogP contribution >= 0.6 is 24.8 Å². The highest BCUT2D eigenvalue weighted by Gasteiger charge is 2.15. The van der Waals surface area contributed by atoms with Crippen LogP contribution in [0, 0.1) is 0 Å². The Bertz CT molecular complexity index is 525. The molecule has 0 saturated carbocycles. The van der Waals surface area contributed by atoms with Crippen molar-refractivity contribution < 1.29 is 0 Å². The van der Waals surface area contributed by atoms with Crippen LogP contribution in [0.1, 0.15) is 0 Å². The van der Waals surface area contributed by atoms with E-state index in [0.717, 1.165) is 37.5 Å². The molecule has 0 amide bonds. The van der Waals surface area contributed by atoms with Gasteiger partial charge in [-0.05, 0) is 25.2 Å². The Labute approximate surface area is 126 Å². The quantitative estimate of drug-likeness (QED) is 0.807. The van der Waals surface area contributed by atoms with Gasteiger partial charge < -0.3 is 9.80 Å². The van der Waals surface area contributed by atoms with Crippen molar-refractivity contribution in [3.8, 4) is 0 Å². The molecule has 104 valence electrons. The second-order valence-corrected chi connectivity index (χ2v) is 4.65. The van der Waals surface area contributed by atoms with Gasteiger partial charge in [-0.15, -0.1) is 24.8 Å². The molecule has 0 unspecified atom stereocenters. The fourth-order valence-corrected chi connectivity index (χ4v) is 2.27. The van der Waals surface area contributed by atoms with Crippen molar-refractivity contribution in [1.82, 2.24) is 9.88 Å². The van der Waals surface area contributed by atoms with Crippen molar-refractivity contribution in [1.29, 1.82) is 0 Å². The summed E-state index contributed by atoms with van der Waals surface area (Å²) in [5.74, 6) is 1.11. The fraction of sp³-hybridized carbons (Fsp3) is 0.357. The summed E-state index contributed by atoms with van der Waals surface area (Å²) >= 11 is 0. The number of hydrogen-bond acceptors (Lipinski definition) is 3. The molecule has 3 rings (SSSR count). The molecule has 0 spiro atoms. The van der Waals surface area contributed by atoms with Gasteiger partial charge in [0, 0.05) is 31.6 Å². The first kappa shape index (κ1) is 16.0. The van der Waals surface area contributed by atoms with Crippen LogP contribution in [0.2, 0.25) is 0 Å². The molecule has 1 aromatic heterocycles. The average Bonchev–Trinajstić information content (AvgIpc) is 2.39. The first-order chi connectivity index (χ1) is 8.33. The minimum atomic E-state index is 0. The van der Waals surface area contributed by atoms with E-state index in [2.05, 4.69) is 47.2 Å². The highest BCUT2D eigenvalue weighted by molar-refractivity contribution is 5.85. The van der Waals surface area contributed by atoms with E-state index in [0.29, 0.717) is 0 Å². The maximum atomic E-state index is 4.73. The topological polar surface area (TPSA) is 19.4 Å². The highest BCUT2D eigenvalue weighted by atomic mass is 35.5. The monoisotopic (exact) mass is 299 g/mol. The van der Waals surface area contributed by atoms with Crippen molar-refractivity contribution in [3.63, 3.8) is 0 Å². The van der Waals surface area contributed by atoms with Gasteiger partial charge in [0.2, 0.25) is 0 Å². The number of nitrogens with zero attached hydrogens (tertiary/aromatic N) is 3. The third-order valence-corrected chi connectivity index (χ3v) is 3.41. The Kier molecular flexibility index (Phi) is 5.85. The predicted molar refractivity (Wildman–Crippen MR) is 85.9 cm³/mol. The lowest BCUT2D eigenvalue weighted by Crippen LogP contribution is -2.44. The zero-order chi connectivity index (χ0) is 11.7. The molecular formula is C14H19Cl2N3. The molecule has 1 saturated heterocycles. The van der Waals surface area contributed by atoms with Crippen LogP contribution in [0.15, 0.2) is 36.4 Å². The van der Waals surface area contributed by atoms with Crippen molar-refractivity contribution in [3.05, 3.63) is 36.4 Å². The SMILES string of the molecule is CN1CCN(c2ccc3ccccc3n2)CC1.Cl.Cl. The number of benzene rings is 1. The van der Waals surface area contributed by atoms with Gasteiger partial charge in [-0.2, -0.15) is 0 Å². The van der Waals surface area contributed by atoms with Gasteiger partial charge in [-0.25, -0.2) is 4.98 Å². The minimum Gasteiger partial charge on any atom is -0.354 e. The number of para-hydroxylation sites is 1. The highest BCUT2D eigenvalue weighted by Crippen LogP contribution is 2.18. The second-order valence-electron chi connectivity index (χ2n) is 4.65. The maximum Gasteiger partial charge on any atom is 0.129 e. The van der Waals surface area contributed by atoms with E-state index in [4.69, 9.17) is 4.98 Å². The van der Waals surface area contributed by atoms with Crippen LogP contribution in [-0.4, -0.2) is 43.1 Å². The van der Waals surface area contributed by atoms with Gasteiger partial charge in [0.25, 0.3) is 0 Å². The number of fused-ring (bicyclic) bond motifs is 1. The van der Waals surface area contributed by atoms with Crippen LogP contribution in [0.3, 0.4) is 0 Å². The first-order valence-electron chi connectivity index (χ1n) is 6.12. The predicted octanol–water partition coefficient (Wildman–Crippen LogP) is 2.83. The molecule has 19 heavy (non-hydrogen) atoms. The summed E-state index contributed by atoms with van der Waals surface area (Å²) in [7, 11) is 2.17. The molecular weight excluding hydrogens is 281 g/mol. The Morgan fingerprint density at radius 1 is 0.895 bits per heavy atom. The molecule has 5 heteroatoms. The van der Waals surface area contributed by atoms with Crippen LogP contribution in [0.5, 0.6) is 0 Å². The number of rotatable bonds is 1. The second kappa shape index (κ2) is 6.94. The lowest BCUT2D eigenvalue weighted by Gasteiger charge is -2.33. The molecule has 3 nitrogen and oxygen atoms in total. The molecule has 2 aromatic rings. The summed E-state index contributed by atoms with van der Waals surface area (Å²) in [4.78, 5) is 9.46. The Balaban J connectivity index is 0.000000902. The number of likely N-dealkylation sites (N-methyl/N-ethyl adjacent to an activating group) is 1. The minimum absolute atomic E-state index is 0. The summed E-state index contributed by atoms with van der Waals surface area (Å²) in [5, 5.41) is 1.21. The van der Waals surface area contributed by atoms with E-state index in [1.54, 1.807) is 0 Å². The van der Waals surface area contributed by atoms with E-state index in [9.17, 15) is 0 Å². The van der Waals surface area contributed by atoms with Crippen molar-refractivity contribution in [2.24, 2.45) is 0 Å². The summed E-state index contributed by atoms with van der Waals surface area (Å²) < 4.78 is 0.